The van der Waals surface area contributed by atoms with Crippen LogP contribution in [0.1, 0.15) is 11.1 Å². The minimum Gasteiger partial charge on any atom is -0.445 e. The molecule has 2 amide bonds. The molecular weight excluding hydrogens is 418 g/mol. The van der Waals surface area contributed by atoms with E-state index in [0.717, 1.165) is 16.9 Å². The Morgan fingerprint density at radius 3 is 2.21 bits per heavy atom. The fourth-order valence-corrected chi connectivity index (χ4v) is 3.79. The van der Waals surface area contributed by atoms with E-state index in [2.05, 4.69) is 20.2 Å². The van der Waals surface area contributed by atoms with Crippen molar-refractivity contribution in [3.05, 3.63) is 90.4 Å². The normalized spacial score (nSPS) is 14.4. The molecule has 1 fully saturated rings. The summed E-state index contributed by atoms with van der Waals surface area (Å²) in [5, 5.41) is 2.79. The first-order chi connectivity index (χ1) is 16.2. The molecule has 0 spiro atoms. The molecule has 0 bridgehead atoms. The van der Waals surface area contributed by atoms with Gasteiger partial charge in [-0.15, -0.1) is 0 Å². The number of anilines is 1. The number of aromatic nitrogens is 2. The van der Waals surface area contributed by atoms with Gasteiger partial charge < -0.3 is 19.9 Å². The van der Waals surface area contributed by atoms with Gasteiger partial charge in [0.05, 0.1) is 6.20 Å². The fourth-order valence-electron chi connectivity index (χ4n) is 3.79. The van der Waals surface area contributed by atoms with Crippen LogP contribution in [0.15, 0.2) is 79.3 Å². The van der Waals surface area contributed by atoms with Gasteiger partial charge in [0.25, 0.3) is 0 Å². The molecule has 4 rings (SSSR count). The molecule has 0 radical (unpaired) electrons. The van der Waals surface area contributed by atoms with Crippen LogP contribution in [0.5, 0.6) is 0 Å². The van der Waals surface area contributed by atoms with Crippen LogP contribution < -0.4 is 10.2 Å². The number of nitrogens with one attached hydrogen (secondary N) is 1. The van der Waals surface area contributed by atoms with E-state index in [-0.39, 0.29) is 12.5 Å². The Morgan fingerprint density at radius 1 is 0.909 bits per heavy atom. The zero-order chi connectivity index (χ0) is 22.9. The van der Waals surface area contributed by atoms with Gasteiger partial charge in [0.2, 0.25) is 5.91 Å². The van der Waals surface area contributed by atoms with Crippen LogP contribution in [0.25, 0.3) is 0 Å². The smallest absolute Gasteiger partial charge is 0.408 e. The van der Waals surface area contributed by atoms with Crippen molar-refractivity contribution in [3.63, 3.8) is 0 Å². The highest BCUT2D eigenvalue weighted by atomic mass is 16.5. The van der Waals surface area contributed by atoms with E-state index in [1.54, 1.807) is 23.5 Å². The summed E-state index contributed by atoms with van der Waals surface area (Å²) in [6.45, 7) is 2.54. The molecule has 1 aliphatic rings. The fraction of sp³-hybridized carbons (Fsp3) is 0.280. The van der Waals surface area contributed by atoms with Gasteiger partial charge in [-0.1, -0.05) is 60.7 Å². The van der Waals surface area contributed by atoms with Gasteiger partial charge in [-0.05, 0) is 11.1 Å². The van der Waals surface area contributed by atoms with Crippen molar-refractivity contribution in [1.29, 1.82) is 0 Å². The first-order valence-corrected chi connectivity index (χ1v) is 11.0. The van der Waals surface area contributed by atoms with Crippen LogP contribution in [-0.4, -0.2) is 59.1 Å². The van der Waals surface area contributed by atoms with Crippen molar-refractivity contribution in [2.75, 3.05) is 31.1 Å². The summed E-state index contributed by atoms with van der Waals surface area (Å²) < 4.78 is 5.36. The van der Waals surface area contributed by atoms with Crippen LogP contribution in [0.4, 0.5) is 10.6 Å². The maximum atomic E-state index is 13.4. The molecule has 2 heterocycles. The zero-order valence-electron chi connectivity index (χ0n) is 18.3. The molecule has 0 unspecified atom stereocenters. The largest absolute Gasteiger partial charge is 0.445 e. The number of amides is 2. The molecule has 0 saturated carbocycles. The third-order valence-corrected chi connectivity index (χ3v) is 5.55. The van der Waals surface area contributed by atoms with E-state index in [1.165, 1.54) is 0 Å². The third-order valence-electron chi connectivity index (χ3n) is 5.55. The lowest BCUT2D eigenvalue weighted by Crippen LogP contribution is -2.55. The summed E-state index contributed by atoms with van der Waals surface area (Å²) in [7, 11) is 0. The van der Waals surface area contributed by atoms with E-state index in [9.17, 15) is 9.59 Å². The van der Waals surface area contributed by atoms with Crippen molar-refractivity contribution in [1.82, 2.24) is 20.2 Å². The molecule has 1 aliphatic heterocycles. The average Bonchev–Trinajstić information content (AvgIpc) is 2.88. The second-order valence-electron chi connectivity index (χ2n) is 7.82. The number of ether oxygens (including phenoxy) is 1. The number of hydrogen-bond acceptors (Lipinski definition) is 6. The number of nitrogens with zero attached hydrogens (tertiary/aromatic N) is 4. The molecule has 1 atom stereocenters. The SMILES string of the molecule is O=C(N[C@H](Cc1ccccc1)C(=O)N1CCN(c2cnccn2)CC1)OCc1ccccc1. The van der Waals surface area contributed by atoms with Gasteiger partial charge in [0.1, 0.15) is 18.5 Å². The van der Waals surface area contributed by atoms with Gasteiger partial charge in [0, 0.05) is 45.0 Å². The summed E-state index contributed by atoms with van der Waals surface area (Å²) in [5.41, 5.74) is 1.86. The van der Waals surface area contributed by atoms with Gasteiger partial charge in [-0.2, -0.15) is 0 Å². The van der Waals surface area contributed by atoms with Crippen LogP contribution in [0.2, 0.25) is 0 Å². The molecule has 1 saturated heterocycles. The summed E-state index contributed by atoms with van der Waals surface area (Å²) >= 11 is 0. The lowest BCUT2D eigenvalue weighted by molar-refractivity contribution is -0.133. The van der Waals surface area contributed by atoms with Crippen LogP contribution in [0.3, 0.4) is 0 Å². The molecule has 1 aromatic heterocycles. The average molecular weight is 446 g/mol. The maximum absolute atomic E-state index is 13.4. The molecule has 8 heteroatoms. The minimum absolute atomic E-state index is 0.116. The number of carbonyl (C=O) groups is 2. The molecule has 3 aromatic rings. The van der Waals surface area contributed by atoms with Crippen molar-refractivity contribution >= 4 is 17.8 Å². The highest BCUT2D eigenvalue weighted by Crippen LogP contribution is 2.14. The van der Waals surface area contributed by atoms with Crippen molar-refractivity contribution < 1.29 is 14.3 Å². The molecule has 1 N–H and O–H groups in total. The third kappa shape index (κ3) is 6.29. The maximum Gasteiger partial charge on any atom is 0.408 e. The van der Waals surface area contributed by atoms with Crippen LogP contribution >= 0.6 is 0 Å². The summed E-state index contributed by atoms with van der Waals surface area (Å²) in [4.78, 5) is 38.2. The topological polar surface area (TPSA) is 87.7 Å². The Bertz CT molecular complexity index is 1030. The lowest BCUT2D eigenvalue weighted by atomic mass is 10.0. The Kier molecular flexibility index (Phi) is 7.48. The Labute approximate surface area is 193 Å². The van der Waals surface area contributed by atoms with Gasteiger partial charge in [0.15, 0.2) is 0 Å². The minimum atomic E-state index is -0.709. The molecule has 2 aromatic carbocycles. The van der Waals surface area contributed by atoms with E-state index in [0.29, 0.717) is 32.6 Å². The number of carbonyl (C=O) groups excluding carboxylic acids is 2. The van der Waals surface area contributed by atoms with Crippen molar-refractivity contribution in [2.24, 2.45) is 0 Å². The molecule has 170 valence electrons. The number of rotatable bonds is 7. The summed E-state index contributed by atoms with van der Waals surface area (Å²) in [6.07, 6.45) is 4.81. The summed E-state index contributed by atoms with van der Waals surface area (Å²) in [5.74, 6) is 0.683. The standard InChI is InChI=1S/C25H27N5O3/c31-24(30-15-13-29(14-16-30)23-18-26-11-12-27-23)22(17-20-7-3-1-4-8-20)28-25(32)33-19-21-9-5-2-6-10-21/h1-12,18,22H,13-17,19H2,(H,28,32)/t22-/m1/s1. The van der Waals surface area contributed by atoms with E-state index in [4.69, 9.17) is 4.74 Å². The predicted octanol–water partition coefficient (Wildman–Crippen LogP) is 2.66. The highest BCUT2D eigenvalue weighted by molar-refractivity contribution is 5.86. The monoisotopic (exact) mass is 445 g/mol. The number of benzene rings is 2. The van der Waals surface area contributed by atoms with E-state index < -0.39 is 12.1 Å². The first kappa shape index (κ1) is 22.3. The quantitative estimate of drug-likeness (QED) is 0.602. The Balaban J connectivity index is 1.38. The summed E-state index contributed by atoms with van der Waals surface area (Å²) in [6, 6.07) is 18.4. The van der Waals surface area contributed by atoms with Crippen molar-refractivity contribution in [3.8, 4) is 0 Å². The van der Waals surface area contributed by atoms with Crippen LogP contribution in [-0.2, 0) is 22.6 Å². The molecular formula is C25H27N5O3. The Morgan fingerprint density at radius 2 is 1.58 bits per heavy atom. The zero-order valence-corrected chi connectivity index (χ0v) is 18.3. The molecule has 8 nitrogen and oxygen atoms in total. The lowest BCUT2D eigenvalue weighted by Gasteiger charge is -2.36. The van der Waals surface area contributed by atoms with Gasteiger partial charge in [-0.3, -0.25) is 9.78 Å². The van der Waals surface area contributed by atoms with Gasteiger partial charge in [-0.25, -0.2) is 9.78 Å². The number of hydrogen-bond donors (Lipinski definition) is 1. The second-order valence-corrected chi connectivity index (χ2v) is 7.82. The molecule has 0 aliphatic carbocycles. The van der Waals surface area contributed by atoms with Crippen LogP contribution in [0, 0.1) is 0 Å². The van der Waals surface area contributed by atoms with E-state index in [1.807, 2.05) is 60.7 Å². The number of piperazine rings is 1. The van der Waals surface area contributed by atoms with Gasteiger partial charge >= 0.3 is 6.09 Å². The second kappa shape index (κ2) is 11.1. The predicted molar refractivity (Wildman–Crippen MR) is 125 cm³/mol. The first-order valence-electron chi connectivity index (χ1n) is 11.0. The van der Waals surface area contributed by atoms with Crippen molar-refractivity contribution in [2.45, 2.75) is 19.1 Å². The molecule has 33 heavy (non-hydrogen) atoms. The number of alkyl carbamates (subject to hydrolysis) is 1. The highest BCUT2D eigenvalue weighted by Gasteiger charge is 2.29. The van der Waals surface area contributed by atoms with E-state index >= 15 is 0 Å². The Hall–Kier alpha value is -3.94.